The van der Waals surface area contributed by atoms with E-state index in [4.69, 9.17) is 4.55 Å². The summed E-state index contributed by atoms with van der Waals surface area (Å²) in [7, 11) is -4.82. The highest BCUT2D eigenvalue weighted by atomic mass is 32.2. The molecule has 0 aromatic heterocycles. The van der Waals surface area contributed by atoms with Crippen LogP contribution in [0.2, 0.25) is 0 Å². The molecule has 126 valence electrons. The lowest BCUT2D eigenvalue weighted by molar-refractivity contribution is -0.355. The van der Waals surface area contributed by atoms with Crippen molar-refractivity contribution in [2.24, 2.45) is 0 Å². The molecule has 0 fully saturated rings. The predicted octanol–water partition coefficient (Wildman–Crippen LogP) is 3.70. The second-order valence-electron chi connectivity index (χ2n) is 4.36. The normalized spacial score (nSPS) is 14.2. The fourth-order valence-corrected chi connectivity index (χ4v) is 2.37. The first-order chi connectivity index (χ1) is 9.70. The van der Waals surface area contributed by atoms with Gasteiger partial charge in [-0.2, -0.15) is 39.2 Å². The Hall–Kier alpha value is -1.36. The Morgan fingerprint density at radius 2 is 1.45 bits per heavy atom. The Morgan fingerprint density at radius 1 is 0.955 bits per heavy atom. The van der Waals surface area contributed by atoms with Crippen molar-refractivity contribution in [1.82, 2.24) is 0 Å². The highest BCUT2D eigenvalue weighted by Gasteiger charge is 2.72. The summed E-state index contributed by atoms with van der Waals surface area (Å²) in [4.78, 5) is -0.832. The lowest BCUT2D eigenvalue weighted by Gasteiger charge is -2.28. The van der Waals surface area contributed by atoms with Crippen LogP contribution in [0.25, 0.3) is 0 Å². The summed E-state index contributed by atoms with van der Waals surface area (Å²) in [5.41, 5.74) is -0.498. The Kier molecular flexibility index (Phi) is 4.83. The van der Waals surface area contributed by atoms with E-state index < -0.39 is 51.4 Å². The molecule has 0 saturated carbocycles. The van der Waals surface area contributed by atoms with Crippen molar-refractivity contribution in [3.05, 3.63) is 29.8 Å². The molecule has 0 bridgehead atoms. The van der Waals surface area contributed by atoms with E-state index in [-0.39, 0.29) is 0 Å². The van der Waals surface area contributed by atoms with Crippen LogP contribution >= 0.6 is 0 Å². The average Bonchev–Trinajstić information content (AvgIpc) is 2.34. The van der Waals surface area contributed by atoms with Crippen LogP contribution in [0.1, 0.15) is 12.0 Å². The van der Waals surface area contributed by atoms with Gasteiger partial charge in [0.25, 0.3) is 10.1 Å². The second kappa shape index (κ2) is 5.69. The molecule has 1 N–H and O–H groups in total. The number of halogens is 7. The number of hydrogen-bond donors (Lipinski definition) is 1. The van der Waals surface area contributed by atoms with Gasteiger partial charge in [-0.25, -0.2) is 0 Å². The lowest BCUT2D eigenvalue weighted by atomic mass is 10.0. The van der Waals surface area contributed by atoms with E-state index in [1.54, 1.807) is 0 Å². The Balaban J connectivity index is 3.05. The van der Waals surface area contributed by atoms with Crippen LogP contribution in [0, 0.1) is 0 Å². The molecule has 0 aliphatic carbocycles. The summed E-state index contributed by atoms with van der Waals surface area (Å²) in [6, 6.07) is 4.01. The summed E-state index contributed by atoms with van der Waals surface area (Å²) >= 11 is 0. The van der Waals surface area contributed by atoms with E-state index >= 15 is 0 Å². The van der Waals surface area contributed by atoms with Gasteiger partial charge >= 0.3 is 18.0 Å². The molecule has 0 aliphatic rings. The topological polar surface area (TPSA) is 54.4 Å². The molecule has 11 heteroatoms. The van der Waals surface area contributed by atoms with Gasteiger partial charge in [-0.3, -0.25) is 4.55 Å². The molecular weight excluding hydrogens is 345 g/mol. The van der Waals surface area contributed by atoms with E-state index in [1.165, 1.54) is 0 Å². The van der Waals surface area contributed by atoms with Gasteiger partial charge in [-0.15, -0.1) is 0 Å². The molecule has 3 nitrogen and oxygen atoms in total. The van der Waals surface area contributed by atoms with E-state index in [1.807, 2.05) is 0 Å². The third-order valence-electron chi connectivity index (χ3n) is 2.77. The van der Waals surface area contributed by atoms with Gasteiger partial charge in [-0.1, -0.05) is 18.2 Å². The van der Waals surface area contributed by atoms with Crippen LogP contribution in [0.5, 0.6) is 0 Å². The number of rotatable bonds is 5. The second-order valence-corrected chi connectivity index (χ2v) is 5.75. The van der Waals surface area contributed by atoms with Gasteiger partial charge in [0.15, 0.2) is 0 Å². The van der Waals surface area contributed by atoms with Crippen LogP contribution in [-0.2, 0) is 16.5 Å². The van der Waals surface area contributed by atoms with E-state index in [0.29, 0.717) is 0 Å². The van der Waals surface area contributed by atoms with Crippen LogP contribution < -0.4 is 0 Å². The van der Waals surface area contributed by atoms with Crippen molar-refractivity contribution in [1.29, 1.82) is 0 Å². The predicted molar refractivity (Wildman–Crippen MR) is 60.5 cm³/mol. The summed E-state index contributed by atoms with van der Waals surface area (Å²) in [6.07, 6.45) is -9.50. The monoisotopic (exact) mass is 354 g/mol. The molecule has 1 aromatic carbocycles. The molecule has 0 radical (unpaired) electrons. The fraction of sp³-hybridized carbons (Fsp3) is 0.455. The Bertz CT molecular complexity index is 637. The summed E-state index contributed by atoms with van der Waals surface area (Å²) in [5, 5.41) is 0. The molecule has 0 unspecified atom stereocenters. The van der Waals surface area contributed by atoms with Crippen molar-refractivity contribution in [2.75, 3.05) is 0 Å². The van der Waals surface area contributed by atoms with Gasteiger partial charge in [0.05, 0.1) is 4.90 Å². The molecule has 0 heterocycles. The highest BCUT2D eigenvalue weighted by molar-refractivity contribution is 7.85. The van der Waals surface area contributed by atoms with Crippen molar-refractivity contribution in [3.63, 3.8) is 0 Å². The van der Waals surface area contributed by atoms with Crippen LogP contribution in [-0.4, -0.2) is 31.0 Å². The third kappa shape index (κ3) is 3.69. The number of alkyl halides is 7. The molecule has 1 rings (SSSR count). The summed E-state index contributed by atoms with van der Waals surface area (Å²) < 4.78 is 118. The first-order valence-corrected chi connectivity index (χ1v) is 7.02. The Morgan fingerprint density at radius 3 is 1.91 bits per heavy atom. The van der Waals surface area contributed by atoms with Crippen molar-refractivity contribution >= 4 is 10.1 Å². The zero-order chi connectivity index (χ0) is 17.4. The zero-order valence-electron chi connectivity index (χ0n) is 10.5. The maximum atomic E-state index is 13.1. The maximum Gasteiger partial charge on any atom is 0.459 e. The minimum atomic E-state index is -6.45. The summed E-state index contributed by atoms with van der Waals surface area (Å²) in [6.45, 7) is 0. The van der Waals surface area contributed by atoms with Crippen molar-refractivity contribution in [3.8, 4) is 0 Å². The quantitative estimate of drug-likeness (QED) is 0.648. The van der Waals surface area contributed by atoms with Gasteiger partial charge in [0.2, 0.25) is 0 Å². The van der Waals surface area contributed by atoms with Gasteiger partial charge in [0.1, 0.15) is 0 Å². The van der Waals surface area contributed by atoms with E-state index in [2.05, 4.69) is 0 Å². The summed E-state index contributed by atoms with van der Waals surface area (Å²) in [5.74, 6) is -11.7. The zero-order valence-corrected chi connectivity index (χ0v) is 11.4. The molecule has 22 heavy (non-hydrogen) atoms. The maximum absolute atomic E-state index is 13.1. The van der Waals surface area contributed by atoms with Crippen LogP contribution in [0.3, 0.4) is 0 Å². The largest absolute Gasteiger partial charge is 0.459 e. The smallest absolute Gasteiger partial charge is 0.282 e. The molecule has 1 aromatic rings. The Labute approximate surface area is 120 Å². The number of benzene rings is 1. The van der Waals surface area contributed by atoms with Crippen LogP contribution in [0.4, 0.5) is 30.7 Å². The lowest BCUT2D eigenvalue weighted by Crippen LogP contribution is -2.52. The van der Waals surface area contributed by atoms with Gasteiger partial charge in [-0.05, 0) is 18.1 Å². The minimum absolute atomic E-state index is 0.498. The van der Waals surface area contributed by atoms with Crippen molar-refractivity contribution < 1.29 is 43.7 Å². The standard InChI is InChI=1S/C11H9F7O3S/c12-9(13,10(14,15)11(16,17)18)6-5-7-3-1-2-4-8(7)22(19,20)21/h1-4H,5-6H2,(H,19,20,21). The van der Waals surface area contributed by atoms with E-state index in [9.17, 15) is 39.2 Å². The molecule has 0 atom stereocenters. The molecule has 0 amide bonds. The van der Waals surface area contributed by atoms with E-state index in [0.717, 1.165) is 24.3 Å². The first-order valence-electron chi connectivity index (χ1n) is 5.58. The van der Waals surface area contributed by atoms with Gasteiger partial charge in [0, 0.05) is 6.42 Å². The van der Waals surface area contributed by atoms with Gasteiger partial charge < -0.3 is 0 Å². The number of aryl methyl sites for hydroxylation is 1. The fourth-order valence-electron chi connectivity index (χ4n) is 1.62. The molecule has 0 saturated heterocycles. The first kappa shape index (κ1) is 18.7. The molecular formula is C11H9F7O3S. The molecule has 0 spiro atoms. The van der Waals surface area contributed by atoms with Crippen molar-refractivity contribution in [2.45, 2.75) is 35.8 Å². The average molecular weight is 354 g/mol. The molecule has 0 aliphatic heterocycles. The number of hydrogen-bond acceptors (Lipinski definition) is 2. The highest BCUT2D eigenvalue weighted by Crippen LogP contribution is 2.48. The minimum Gasteiger partial charge on any atom is -0.282 e. The third-order valence-corrected chi connectivity index (χ3v) is 3.73. The van der Waals surface area contributed by atoms with Crippen LogP contribution in [0.15, 0.2) is 29.2 Å². The SMILES string of the molecule is O=S(=O)(O)c1ccccc1CCC(F)(F)C(F)(F)C(F)(F)F.